The summed E-state index contributed by atoms with van der Waals surface area (Å²) in [5, 5.41) is 14.1. The molecule has 1 aromatic heterocycles. The van der Waals surface area contributed by atoms with Gasteiger partial charge >= 0.3 is 0 Å². The molecule has 0 spiro atoms. The van der Waals surface area contributed by atoms with E-state index in [-0.39, 0.29) is 11.5 Å². The molecule has 0 unspecified atom stereocenters. The van der Waals surface area contributed by atoms with Gasteiger partial charge in [-0.1, -0.05) is 6.07 Å². The minimum Gasteiger partial charge on any atom is -0.379 e. The van der Waals surface area contributed by atoms with Gasteiger partial charge in [0.25, 0.3) is 5.69 Å². The zero-order valence-electron chi connectivity index (χ0n) is 11.6. The summed E-state index contributed by atoms with van der Waals surface area (Å²) >= 11 is 0. The maximum Gasteiger partial charge on any atom is 0.293 e. The molecule has 2 rings (SSSR count). The third-order valence-corrected chi connectivity index (χ3v) is 3.05. The lowest BCUT2D eigenvalue weighted by Crippen LogP contribution is -2.08. The number of ketones is 1. The van der Waals surface area contributed by atoms with Crippen LogP contribution in [0, 0.1) is 10.1 Å². The maximum atomic E-state index is 11.3. The van der Waals surface area contributed by atoms with Crippen molar-refractivity contribution in [3.63, 3.8) is 0 Å². The van der Waals surface area contributed by atoms with Crippen molar-refractivity contribution < 1.29 is 9.72 Å². The zero-order valence-corrected chi connectivity index (χ0v) is 11.6. The third kappa shape index (κ3) is 3.85. The predicted octanol–water partition coefficient (Wildman–Crippen LogP) is 2.85. The molecule has 1 N–H and O–H groups in total. The first-order valence-electron chi connectivity index (χ1n) is 6.50. The second-order valence-electron chi connectivity index (χ2n) is 4.58. The normalized spacial score (nSPS) is 10.1. The first-order chi connectivity index (χ1) is 10.1. The van der Waals surface area contributed by atoms with E-state index in [9.17, 15) is 14.9 Å². The number of pyridine rings is 1. The average molecular weight is 285 g/mol. The largest absolute Gasteiger partial charge is 0.379 e. The topological polar surface area (TPSA) is 85.1 Å². The van der Waals surface area contributed by atoms with Crippen molar-refractivity contribution in [1.82, 2.24) is 4.98 Å². The molecule has 0 bridgehead atoms. The molecule has 1 heterocycles. The van der Waals surface area contributed by atoms with Crippen LogP contribution in [0.15, 0.2) is 42.7 Å². The number of nitro groups is 1. The Bertz CT molecular complexity index is 656. The van der Waals surface area contributed by atoms with Gasteiger partial charge in [0.05, 0.1) is 4.92 Å². The van der Waals surface area contributed by atoms with Gasteiger partial charge in [0.1, 0.15) is 5.69 Å². The van der Waals surface area contributed by atoms with Gasteiger partial charge in [-0.2, -0.15) is 0 Å². The first-order valence-corrected chi connectivity index (χ1v) is 6.50. The van der Waals surface area contributed by atoms with E-state index in [1.807, 2.05) is 12.1 Å². The number of nitro benzene ring substituents is 1. The quantitative estimate of drug-likeness (QED) is 0.501. The minimum atomic E-state index is -0.487. The molecule has 0 radical (unpaired) electrons. The second kappa shape index (κ2) is 6.60. The van der Waals surface area contributed by atoms with Crippen molar-refractivity contribution in [2.24, 2.45) is 0 Å². The molecule has 0 fully saturated rings. The number of benzene rings is 1. The smallest absolute Gasteiger partial charge is 0.293 e. The summed E-state index contributed by atoms with van der Waals surface area (Å²) in [6, 6.07) is 8.25. The number of nitrogens with one attached hydrogen (secondary N) is 1. The summed E-state index contributed by atoms with van der Waals surface area (Å²) in [5.74, 6) is -0.194. The summed E-state index contributed by atoms with van der Waals surface area (Å²) in [7, 11) is 0. The highest BCUT2D eigenvalue weighted by Crippen LogP contribution is 2.25. The standard InChI is InChI=1S/C15H15N3O3/c1-11(19)13-4-5-14(15(9-13)18(20)21)17-8-6-12-3-2-7-16-10-12/h2-5,7,9-10,17H,6,8H2,1H3. The van der Waals surface area contributed by atoms with Crippen LogP contribution < -0.4 is 5.32 Å². The summed E-state index contributed by atoms with van der Waals surface area (Å²) in [6.45, 7) is 1.93. The highest BCUT2D eigenvalue weighted by molar-refractivity contribution is 5.95. The van der Waals surface area contributed by atoms with E-state index < -0.39 is 4.92 Å². The number of hydrogen-bond acceptors (Lipinski definition) is 5. The minimum absolute atomic E-state index is 0.0890. The molecule has 0 aliphatic heterocycles. The van der Waals surface area contributed by atoms with Crippen LogP contribution in [-0.4, -0.2) is 22.2 Å². The molecule has 6 nitrogen and oxygen atoms in total. The molecule has 0 amide bonds. The summed E-state index contributed by atoms with van der Waals surface area (Å²) in [4.78, 5) is 25.9. The molecule has 0 aliphatic rings. The fourth-order valence-corrected chi connectivity index (χ4v) is 1.94. The Morgan fingerprint density at radius 3 is 2.81 bits per heavy atom. The highest BCUT2D eigenvalue weighted by Gasteiger charge is 2.15. The number of hydrogen-bond donors (Lipinski definition) is 1. The Morgan fingerprint density at radius 2 is 2.19 bits per heavy atom. The van der Waals surface area contributed by atoms with Gasteiger partial charge in [-0.05, 0) is 37.1 Å². The molecular weight excluding hydrogens is 270 g/mol. The van der Waals surface area contributed by atoms with Gasteiger partial charge < -0.3 is 5.32 Å². The Morgan fingerprint density at radius 1 is 1.38 bits per heavy atom. The lowest BCUT2D eigenvalue weighted by Gasteiger charge is -2.08. The van der Waals surface area contributed by atoms with Gasteiger partial charge in [0, 0.05) is 30.6 Å². The number of rotatable bonds is 6. The molecule has 6 heteroatoms. The predicted molar refractivity (Wildman–Crippen MR) is 79.5 cm³/mol. The van der Waals surface area contributed by atoms with E-state index in [0.29, 0.717) is 24.2 Å². The van der Waals surface area contributed by atoms with Crippen molar-refractivity contribution in [2.75, 3.05) is 11.9 Å². The van der Waals surface area contributed by atoms with E-state index in [2.05, 4.69) is 10.3 Å². The molecule has 2 aromatic rings. The second-order valence-corrected chi connectivity index (χ2v) is 4.58. The number of nitrogens with zero attached hydrogens (tertiary/aromatic N) is 2. The summed E-state index contributed by atoms with van der Waals surface area (Å²) in [5.41, 5.74) is 1.70. The van der Waals surface area contributed by atoms with Crippen LogP contribution in [0.1, 0.15) is 22.8 Å². The Labute approximate surface area is 122 Å². The van der Waals surface area contributed by atoms with E-state index in [1.165, 1.54) is 13.0 Å². The van der Waals surface area contributed by atoms with Crippen LogP contribution in [-0.2, 0) is 6.42 Å². The molecule has 1 aromatic carbocycles. The van der Waals surface area contributed by atoms with Crippen LogP contribution in [0.25, 0.3) is 0 Å². The van der Waals surface area contributed by atoms with Crippen molar-refractivity contribution in [3.05, 3.63) is 64.0 Å². The first kappa shape index (κ1) is 14.6. The Kier molecular flexibility index (Phi) is 4.61. The molecule has 0 aliphatic carbocycles. The summed E-state index contributed by atoms with van der Waals surface area (Å²) in [6.07, 6.45) is 4.16. The molecular formula is C15H15N3O3. The van der Waals surface area contributed by atoms with Crippen LogP contribution in [0.3, 0.4) is 0 Å². The molecule has 0 saturated carbocycles. The SMILES string of the molecule is CC(=O)c1ccc(NCCc2cccnc2)c([N+](=O)[O-])c1. The zero-order chi connectivity index (χ0) is 15.2. The van der Waals surface area contributed by atoms with E-state index in [1.54, 1.807) is 24.5 Å². The van der Waals surface area contributed by atoms with Crippen LogP contribution in [0.2, 0.25) is 0 Å². The van der Waals surface area contributed by atoms with E-state index in [4.69, 9.17) is 0 Å². The molecule has 0 saturated heterocycles. The van der Waals surface area contributed by atoms with Crippen molar-refractivity contribution in [2.45, 2.75) is 13.3 Å². The fraction of sp³-hybridized carbons (Fsp3) is 0.200. The number of anilines is 1. The van der Waals surface area contributed by atoms with Crippen LogP contribution in [0.4, 0.5) is 11.4 Å². The van der Waals surface area contributed by atoms with Crippen LogP contribution >= 0.6 is 0 Å². The fourth-order valence-electron chi connectivity index (χ4n) is 1.94. The van der Waals surface area contributed by atoms with Gasteiger partial charge in [-0.3, -0.25) is 19.9 Å². The molecule has 108 valence electrons. The Hall–Kier alpha value is -2.76. The molecule has 0 atom stereocenters. The molecule has 21 heavy (non-hydrogen) atoms. The van der Waals surface area contributed by atoms with Crippen molar-refractivity contribution in [1.29, 1.82) is 0 Å². The van der Waals surface area contributed by atoms with Gasteiger partial charge in [-0.25, -0.2) is 0 Å². The summed E-state index contributed by atoms with van der Waals surface area (Å²) < 4.78 is 0. The van der Waals surface area contributed by atoms with Gasteiger partial charge in [-0.15, -0.1) is 0 Å². The van der Waals surface area contributed by atoms with Crippen molar-refractivity contribution in [3.8, 4) is 0 Å². The van der Waals surface area contributed by atoms with Crippen molar-refractivity contribution >= 4 is 17.2 Å². The lowest BCUT2D eigenvalue weighted by atomic mass is 10.1. The monoisotopic (exact) mass is 285 g/mol. The lowest BCUT2D eigenvalue weighted by molar-refractivity contribution is -0.384. The average Bonchev–Trinajstić information content (AvgIpc) is 2.48. The van der Waals surface area contributed by atoms with Gasteiger partial charge in [0.15, 0.2) is 5.78 Å². The number of aromatic nitrogens is 1. The number of Topliss-reactive ketones (excluding diaryl/α,β-unsaturated/α-hetero) is 1. The van der Waals surface area contributed by atoms with E-state index >= 15 is 0 Å². The van der Waals surface area contributed by atoms with Crippen LogP contribution in [0.5, 0.6) is 0 Å². The van der Waals surface area contributed by atoms with Gasteiger partial charge in [0.2, 0.25) is 0 Å². The Balaban J connectivity index is 2.09. The number of carbonyl (C=O) groups is 1. The third-order valence-electron chi connectivity index (χ3n) is 3.05. The van der Waals surface area contributed by atoms with E-state index in [0.717, 1.165) is 5.56 Å². The maximum absolute atomic E-state index is 11.3. The number of carbonyl (C=O) groups excluding carboxylic acids is 1. The highest BCUT2D eigenvalue weighted by atomic mass is 16.6.